The first kappa shape index (κ1) is 25.9. The standard InChI is InChI=1S/C28H24BrN5O3S2/c29-25-7-3-1-6-24(25)27-19-38-28(34(27)31-18-20-17-30-26-8-4-2-5-23(20)26)32-21-9-11-22(12-10-21)39(35,36)33-13-15-37-16-14-33/h1-12,17-19,30H,13-16H2. The highest BCUT2D eigenvalue weighted by molar-refractivity contribution is 9.10. The number of aromatic nitrogens is 2. The predicted molar refractivity (Wildman–Crippen MR) is 158 cm³/mol. The average molecular weight is 623 g/mol. The second kappa shape index (κ2) is 11.0. The summed E-state index contributed by atoms with van der Waals surface area (Å²) in [6, 6.07) is 22.7. The smallest absolute Gasteiger partial charge is 0.243 e. The Balaban J connectivity index is 1.40. The first-order valence-electron chi connectivity index (χ1n) is 12.3. The SMILES string of the molecule is O=S(=O)(c1ccc(N=c2scc(-c3ccccc3Br)n2N=Cc2c[nH]c3ccccc23)cc1)N1CCOCC1. The Kier molecular flexibility index (Phi) is 7.32. The van der Waals surface area contributed by atoms with Gasteiger partial charge in [-0.15, -0.1) is 11.3 Å². The van der Waals surface area contributed by atoms with Gasteiger partial charge in [0.1, 0.15) is 0 Å². The van der Waals surface area contributed by atoms with Gasteiger partial charge in [-0.3, -0.25) is 0 Å². The third-order valence-electron chi connectivity index (χ3n) is 6.44. The lowest BCUT2D eigenvalue weighted by Crippen LogP contribution is -2.40. The van der Waals surface area contributed by atoms with Gasteiger partial charge in [0.15, 0.2) is 0 Å². The van der Waals surface area contributed by atoms with Gasteiger partial charge in [0, 0.05) is 51.2 Å². The molecule has 3 heterocycles. The quantitative estimate of drug-likeness (QED) is 0.250. The number of H-pyrrole nitrogens is 1. The van der Waals surface area contributed by atoms with E-state index in [1.807, 2.05) is 64.9 Å². The molecule has 0 aliphatic carbocycles. The lowest BCUT2D eigenvalue weighted by Gasteiger charge is -2.26. The molecule has 39 heavy (non-hydrogen) atoms. The normalized spacial score (nSPS) is 15.5. The van der Waals surface area contributed by atoms with Gasteiger partial charge in [-0.25, -0.2) is 18.1 Å². The van der Waals surface area contributed by atoms with Gasteiger partial charge in [0.05, 0.1) is 35.7 Å². The molecule has 8 nitrogen and oxygen atoms in total. The molecule has 2 aromatic heterocycles. The molecule has 198 valence electrons. The van der Waals surface area contributed by atoms with Crippen LogP contribution in [0.25, 0.3) is 22.2 Å². The molecule has 0 bridgehead atoms. The average Bonchev–Trinajstić information content (AvgIpc) is 3.56. The first-order chi connectivity index (χ1) is 19.0. The molecule has 6 rings (SSSR count). The summed E-state index contributed by atoms with van der Waals surface area (Å²) < 4.78 is 35.5. The Hall–Kier alpha value is -3.35. The zero-order valence-electron chi connectivity index (χ0n) is 20.7. The fourth-order valence-corrected chi connectivity index (χ4v) is 7.15. The van der Waals surface area contributed by atoms with E-state index in [-0.39, 0.29) is 4.90 Å². The van der Waals surface area contributed by atoms with Crippen LogP contribution in [-0.2, 0) is 14.8 Å². The van der Waals surface area contributed by atoms with Crippen molar-refractivity contribution in [3.05, 3.63) is 99.2 Å². The Morgan fingerprint density at radius 1 is 0.974 bits per heavy atom. The van der Waals surface area contributed by atoms with Crippen molar-refractivity contribution in [3.63, 3.8) is 0 Å². The van der Waals surface area contributed by atoms with Gasteiger partial charge >= 0.3 is 0 Å². The van der Waals surface area contributed by atoms with E-state index in [1.54, 1.807) is 24.3 Å². The molecule has 1 N–H and O–H groups in total. The number of rotatable bonds is 6. The lowest BCUT2D eigenvalue weighted by atomic mass is 10.2. The monoisotopic (exact) mass is 621 g/mol. The van der Waals surface area contributed by atoms with Crippen molar-refractivity contribution in [2.45, 2.75) is 4.90 Å². The third-order valence-corrected chi connectivity index (χ3v) is 9.86. The maximum absolute atomic E-state index is 13.0. The minimum Gasteiger partial charge on any atom is -0.379 e. The fourth-order valence-electron chi connectivity index (χ4n) is 4.40. The van der Waals surface area contributed by atoms with E-state index in [1.165, 1.54) is 15.6 Å². The third kappa shape index (κ3) is 5.28. The number of morpholine rings is 1. The Morgan fingerprint density at radius 2 is 1.72 bits per heavy atom. The number of para-hydroxylation sites is 1. The number of nitrogens with zero attached hydrogens (tertiary/aromatic N) is 4. The zero-order valence-corrected chi connectivity index (χ0v) is 23.9. The molecule has 1 aliphatic rings. The summed E-state index contributed by atoms with van der Waals surface area (Å²) in [5.41, 5.74) is 4.50. The van der Waals surface area contributed by atoms with Crippen molar-refractivity contribution in [2.75, 3.05) is 26.3 Å². The van der Waals surface area contributed by atoms with Crippen molar-refractivity contribution in [1.82, 2.24) is 14.0 Å². The van der Waals surface area contributed by atoms with Crippen molar-refractivity contribution in [2.24, 2.45) is 10.1 Å². The largest absolute Gasteiger partial charge is 0.379 e. The van der Waals surface area contributed by atoms with E-state index in [2.05, 4.69) is 27.0 Å². The molecule has 1 saturated heterocycles. The molecule has 1 aliphatic heterocycles. The van der Waals surface area contributed by atoms with Crippen LogP contribution in [0.15, 0.2) is 104 Å². The molecule has 0 spiro atoms. The number of hydrogen-bond donors (Lipinski definition) is 1. The molecule has 0 unspecified atom stereocenters. The van der Waals surface area contributed by atoms with Crippen molar-refractivity contribution in [1.29, 1.82) is 0 Å². The summed E-state index contributed by atoms with van der Waals surface area (Å²) >= 11 is 5.12. The fraction of sp³-hybridized carbons (Fsp3) is 0.143. The van der Waals surface area contributed by atoms with Crippen LogP contribution < -0.4 is 4.80 Å². The molecule has 11 heteroatoms. The zero-order chi connectivity index (χ0) is 26.8. The highest BCUT2D eigenvalue weighted by Crippen LogP contribution is 2.29. The van der Waals surface area contributed by atoms with Gasteiger partial charge in [0.25, 0.3) is 0 Å². The maximum atomic E-state index is 13.0. The number of sulfonamides is 1. The van der Waals surface area contributed by atoms with Crippen LogP contribution in [0.3, 0.4) is 0 Å². The van der Waals surface area contributed by atoms with Crippen molar-refractivity contribution < 1.29 is 13.2 Å². The van der Waals surface area contributed by atoms with Crippen LogP contribution >= 0.6 is 27.3 Å². The van der Waals surface area contributed by atoms with Crippen LogP contribution in [0.5, 0.6) is 0 Å². The van der Waals surface area contributed by atoms with E-state index in [0.29, 0.717) is 36.8 Å². The summed E-state index contributed by atoms with van der Waals surface area (Å²) in [4.78, 5) is 9.01. The summed E-state index contributed by atoms with van der Waals surface area (Å²) in [7, 11) is -3.57. The maximum Gasteiger partial charge on any atom is 0.243 e. The molecule has 1 fully saturated rings. The Bertz CT molecular complexity index is 1830. The van der Waals surface area contributed by atoms with Crippen LogP contribution in [0.2, 0.25) is 0 Å². The van der Waals surface area contributed by atoms with Gasteiger partial charge in [-0.1, -0.05) is 52.3 Å². The van der Waals surface area contributed by atoms with Crippen LogP contribution in [0, 0.1) is 0 Å². The summed E-state index contributed by atoms with van der Waals surface area (Å²) in [5.74, 6) is 0. The molecule has 5 aromatic rings. The molecular formula is C28H24BrN5O3S2. The number of hydrogen-bond acceptors (Lipinski definition) is 6. The van der Waals surface area contributed by atoms with Gasteiger partial charge in [-0.05, 0) is 36.4 Å². The highest BCUT2D eigenvalue weighted by Gasteiger charge is 2.26. The van der Waals surface area contributed by atoms with Gasteiger partial charge in [0.2, 0.25) is 14.8 Å². The second-order valence-electron chi connectivity index (χ2n) is 8.85. The molecule has 0 amide bonds. The number of benzene rings is 3. The first-order valence-corrected chi connectivity index (χ1v) is 15.4. The number of ether oxygens (including phenoxy) is 1. The van der Waals surface area contributed by atoms with Crippen LogP contribution in [0.1, 0.15) is 5.56 Å². The minimum atomic E-state index is -3.57. The number of nitrogens with one attached hydrogen (secondary N) is 1. The molecule has 3 aromatic carbocycles. The molecule has 0 radical (unpaired) electrons. The highest BCUT2D eigenvalue weighted by atomic mass is 79.9. The van der Waals surface area contributed by atoms with Gasteiger partial charge < -0.3 is 9.72 Å². The molecular weight excluding hydrogens is 598 g/mol. The van der Waals surface area contributed by atoms with E-state index in [9.17, 15) is 8.42 Å². The summed E-state index contributed by atoms with van der Waals surface area (Å²) in [5, 5.41) is 7.94. The van der Waals surface area contributed by atoms with E-state index < -0.39 is 10.0 Å². The second-order valence-corrected chi connectivity index (χ2v) is 12.5. The minimum absolute atomic E-state index is 0.244. The number of aromatic amines is 1. The van der Waals surface area contributed by atoms with Crippen LogP contribution in [0.4, 0.5) is 5.69 Å². The Labute approximate surface area is 238 Å². The molecule has 0 atom stereocenters. The molecule has 0 saturated carbocycles. The van der Waals surface area contributed by atoms with Crippen molar-refractivity contribution in [3.8, 4) is 11.3 Å². The summed E-state index contributed by atoms with van der Waals surface area (Å²) in [6.45, 7) is 1.53. The number of halogens is 1. The van der Waals surface area contributed by atoms with E-state index in [0.717, 1.165) is 32.2 Å². The van der Waals surface area contributed by atoms with E-state index >= 15 is 0 Å². The van der Waals surface area contributed by atoms with Crippen LogP contribution in [-0.4, -0.2) is 54.9 Å². The number of fused-ring (bicyclic) bond motifs is 1. The Morgan fingerprint density at radius 3 is 2.51 bits per heavy atom. The number of thiazole rings is 1. The topological polar surface area (TPSA) is 92.0 Å². The lowest BCUT2D eigenvalue weighted by molar-refractivity contribution is 0.0730. The predicted octanol–water partition coefficient (Wildman–Crippen LogP) is 5.60. The van der Waals surface area contributed by atoms with Gasteiger partial charge in [-0.2, -0.15) is 9.41 Å². The van der Waals surface area contributed by atoms with E-state index in [4.69, 9.17) is 14.8 Å². The van der Waals surface area contributed by atoms with Crippen molar-refractivity contribution >= 4 is 60.1 Å². The summed E-state index contributed by atoms with van der Waals surface area (Å²) in [6.07, 6.45) is 3.76.